The molecule has 0 atom stereocenters. The fraction of sp³-hybridized carbons (Fsp3) is 0.714. The number of hydrogen-bond donors (Lipinski definition) is 1. The second-order valence-corrected chi connectivity index (χ2v) is 5.59. The lowest BCUT2D eigenvalue weighted by atomic mass is 10.1. The summed E-state index contributed by atoms with van der Waals surface area (Å²) in [5, 5.41) is 8.91. The van der Waals surface area contributed by atoms with E-state index in [1.807, 2.05) is 0 Å². The molecule has 1 N–H and O–H groups in total. The van der Waals surface area contributed by atoms with E-state index >= 15 is 0 Å². The van der Waals surface area contributed by atoms with Gasteiger partial charge in [0.2, 0.25) is 5.91 Å². The van der Waals surface area contributed by atoms with E-state index in [9.17, 15) is 9.59 Å². The number of carbonyl (C=O) groups excluding carboxylic acids is 1. The molecule has 0 spiro atoms. The largest absolute Gasteiger partial charge is 0.478 e. The van der Waals surface area contributed by atoms with Gasteiger partial charge >= 0.3 is 5.97 Å². The molecule has 0 aromatic carbocycles. The predicted molar refractivity (Wildman–Crippen MR) is 71.8 cm³/mol. The zero-order valence-electron chi connectivity index (χ0n) is 11.7. The summed E-state index contributed by atoms with van der Waals surface area (Å²) in [7, 11) is 0. The summed E-state index contributed by atoms with van der Waals surface area (Å²) in [6.45, 7) is 7.46. The maximum atomic E-state index is 12.2. The first-order valence-corrected chi connectivity index (χ1v) is 6.91. The molecule has 0 bridgehead atoms. The van der Waals surface area contributed by atoms with E-state index in [-0.39, 0.29) is 11.5 Å². The number of rotatable bonds is 4. The minimum atomic E-state index is -1.02. The van der Waals surface area contributed by atoms with Gasteiger partial charge in [0.25, 0.3) is 0 Å². The number of amides is 1. The molecule has 5 nitrogen and oxygen atoms in total. The number of aliphatic carboxylic acids is 1. The van der Waals surface area contributed by atoms with Crippen molar-refractivity contribution < 1.29 is 14.7 Å². The van der Waals surface area contributed by atoms with Gasteiger partial charge in [-0.2, -0.15) is 0 Å². The average Bonchev–Trinajstić information content (AvgIpc) is 3.21. The number of hydrogen-bond acceptors (Lipinski definition) is 3. The minimum absolute atomic E-state index is 0.133. The number of carboxylic acid groups (broad SMARTS) is 1. The van der Waals surface area contributed by atoms with Crippen LogP contribution >= 0.6 is 0 Å². The average molecular weight is 266 g/mol. The second-order valence-electron chi connectivity index (χ2n) is 5.59. The standard InChI is InChI=1S/C14H22N2O3/c1-10(11(2)14(18)19)13(17)16-7-5-15(6-8-16)9-12-3-4-12/h12H,3-9H2,1-2H3,(H,18,19)/b11-10-. The Labute approximate surface area is 113 Å². The SMILES string of the molecule is C/C(C(=O)O)=C(\C)C(=O)N1CCN(CC2CC2)CC1. The summed E-state index contributed by atoms with van der Waals surface area (Å²) in [6, 6.07) is 0. The molecule has 5 heteroatoms. The van der Waals surface area contributed by atoms with Gasteiger partial charge in [-0.3, -0.25) is 9.69 Å². The molecule has 106 valence electrons. The van der Waals surface area contributed by atoms with Gasteiger partial charge in [0.05, 0.1) is 0 Å². The van der Waals surface area contributed by atoms with Gasteiger partial charge in [0.15, 0.2) is 0 Å². The Hall–Kier alpha value is -1.36. The smallest absolute Gasteiger partial charge is 0.331 e. The molecule has 0 aromatic heterocycles. The van der Waals surface area contributed by atoms with Crippen LogP contribution in [-0.2, 0) is 9.59 Å². The fourth-order valence-corrected chi connectivity index (χ4v) is 2.36. The molecule has 2 fully saturated rings. The third kappa shape index (κ3) is 3.56. The Kier molecular flexibility index (Phi) is 4.24. The maximum absolute atomic E-state index is 12.2. The van der Waals surface area contributed by atoms with Gasteiger partial charge in [-0.25, -0.2) is 4.79 Å². The molecule has 0 unspecified atom stereocenters. The molecule has 1 heterocycles. The van der Waals surface area contributed by atoms with E-state index in [1.165, 1.54) is 19.8 Å². The first kappa shape index (κ1) is 14.1. The van der Waals surface area contributed by atoms with Crippen LogP contribution in [0.1, 0.15) is 26.7 Å². The van der Waals surface area contributed by atoms with Crippen LogP contribution in [0.5, 0.6) is 0 Å². The van der Waals surface area contributed by atoms with E-state index in [2.05, 4.69) is 4.90 Å². The molecule has 0 radical (unpaired) electrons. The van der Waals surface area contributed by atoms with E-state index in [4.69, 9.17) is 5.11 Å². The lowest BCUT2D eigenvalue weighted by molar-refractivity contribution is -0.134. The van der Waals surface area contributed by atoms with Crippen LogP contribution in [0.3, 0.4) is 0 Å². The highest BCUT2D eigenvalue weighted by Gasteiger charge is 2.28. The molecule has 19 heavy (non-hydrogen) atoms. The van der Waals surface area contributed by atoms with Crippen LogP contribution < -0.4 is 0 Å². The zero-order chi connectivity index (χ0) is 14.0. The molecule has 1 saturated heterocycles. The highest BCUT2D eigenvalue weighted by atomic mass is 16.4. The van der Waals surface area contributed by atoms with Crippen molar-refractivity contribution in [2.45, 2.75) is 26.7 Å². The Bertz CT molecular complexity index is 405. The highest BCUT2D eigenvalue weighted by Crippen LogP contribution is 2.29. The number of nitrogens with zero attached hydrogens (tertiary/aromatic N) is 2. The van der Waals surface area contributed by atoms with Crippen molar-refractivity contribution in [2.24, 2.45) is 5.92 Å². The van der Waals surface area contributed by atoms with Crippen molar-refractivity contribution >= 4 is 11.9 Å². The van der Waals surface area contributed by atoms with E-state index < -0.39 is 5.97 Å². The van der Waals surface area contributed by atoms with Crippen LogP contribution in [-0.4, -0.2) is 59.5 Å². The molecule has 1 saturated carbocycles. The minimum Gasteiger partial charge on any atom is -0.478 e. The molecular formula is C14H22N2O3. The molecular weight excluding hydrogens is 244 g/mol. The van der Waals surface area contributed by atoms with E-state index in [0.29, 0.717) is 18.7 Å². The third-order valence-electron chi connectivity index (χ3n) is 4.08. The molecule has 0 aromatic rings. The van der Waals surface area contributed by atoms with Crippen molar-refractivity contribution in [1.82, 2.24) is 9.80 Å². The van der Waals surface area contributed by atoms with E-state index in [1.54, 1.807) is 11.8 Å². The first-order chi connectivity index (χ1) is 8.99. The summed E-state index contributed by atoms with van der Waals surface area (Å²) in [4.78, 5) is 27.2. The zero-order valence-corrected chi connectivity index (χ0v) is 11.7. The lowest BCUT2D eigenvalue weighted by Gasteiger charge is -2.35. The van der Waals surface area contributed by atoms with Gasteiger partial charge in [-0.05, 0) is 32.6 Å². The summed E-state index contributed by atoms with van der Waals surface area (Å²) in [6.07, 6.45) is 2.69. The maximum Gasteiger partial charge on any atom is 0.331 e. The van der Waals surface area contributed by atoms with Crippen molar-refractivity contribution in [3.63, 3.8) is 0 Å². The van der Waals surface area contributed by atoms with Gasteiger partial charge in [0.1, 0.15) is 0 Å². The quantitative estimate of drug-likeness (QED) is 0.770. The topological polar surface area (TPSA) is 60.9 Å². The summed E-state index contributed by atoms with van der Waals surface area (Å²) >= 11 is 0. The summed E-state index contributed by atoms with van der Waals surface area (Å²) in [5.74, 6) is -0.276. The molecule has 2 aliphatic rings. The molecule has 2 rings (SSSR count). The Morgan fingerprint density at radius 3 is 2.11 bits per heavy atom. The Morgan fingerprint density at radius 1 is 1.05 bits per heavy atom. The van der Waals surface area contributed by atoms with Gasteiger partial charge in [0, 0.05) is 43.9 Å². The molecule has 1 aliphatic carbocycles. The first-order valence-electron chi connectivity index (χ1n) is 6.91. The van der Waals surface area contributed by atoms with Crippen LogP contribution in [0.25, 0.3) is 0 Å². The Balaban J connectivity index is 1.87. The Morgan fingerprint density at radius 2 is 1.63 bits per heavy atom. The van der Waals surface area contributed by atoms with Crippen LogP contribution in [0.4, 0.5) is 0 Å². The predicted octanol–water partition coefficient (Wildman–Crippen LogP) is 0.962. The fourth-order valence-electron chi connectivity index (χ4n) is 2.36. The second kappa shape index (κ2) is 5.74. The van der Waals surface area contributed by atoms with Crippen molar-refractivity contribution in [1.29, 1.82) is 0 Å². The molecule has 1 amide bonds. The normalized spacial score (nSPS) is 22.1. The van der Waals surface area contributed by atoms with Crippen molar-refractivity contribution in [3.05, 3.63) is 11.1 Å². The van der Waals surface area contributed by atoms with Crippen molar-refractivity contribution in [2.75, 3.05) is 32.7 Å². The number of piperazine rings is 1. The van der Waals surface area contributed by atoms with Gasteiger partial charge in [-0.15, -0.1) is 0 Å². The molecule has 1 aliphatic heterocycles. The summed E-state index contributed by atoms with van der Waals surface area (Å²) < 4.78 is 0. The van der Waals surface area contributed by atoms with Crippen LogP contribution in [0, 0.1) is 5.92 Å². The summed E-state index contributed by atoms with van der Waals surface area (Å²) in [5.41, 5.74) is 0.494. The van der Waals surface area contributed by atoms with E-state index in [0.717, 1.165) is 25.6 Å². The number of carboxylic acids is 1. The van der Waals surface area contributed by atoms with Gasteiger partial charge in [-0.1, -0.05) is 0 Å². The van der Waals surface area contributed by atoms with Gasteiger partial charge < -0.3 is 10.0 Å². The van der Waals surface area contributed by atoms with Crippen molar-refractivity contribution in [3.8, 4) is 0 Å². The monoisotopic (exact) mass is 266 g/mol. The number of carbonyl (C=O) groups is 2. The van der Waals surface area contributed by atoms with Crippen LogP contribution in [0.15, 0.2) is 11.1 Å². The van der Waals surface area contributed by atoms with Crippen LogP contribution in [0.2, 0.25) is 0 Å². The highest BCUT2D eigenvalue weighted by molar-refractivity contribution is 6.01. The third-order valence-corrected chi connectivity index (χ3v) is 4.08. The lowest BCUT2D eigenvalue weighted by Crippen LogP contribution is -2.49.